The van der Waals surface area contributed by atoms with Crippen molar-refractivity contribution >= 4 is 65.3 Å². The normalized spacial score (nSPS) is 0.800. The van der Waals surface area contributed by atoms with E-state index in [4.69, 9.17) is 3.83 Å². The molecule has 0 spiro atoms. The Morgan fingerprint density at radius 3 is 1.20 bits per heavy atom. The summed E-state index contributed by atoms with van der Waals surface area (Å²) in [4.78, 5) is 0. The third kappa shape index (κ3) is 18.4. The fraction of sp³-hybridized carbons (Fsp3) is 0. The van der Waals surface area contributed by atoms with E-state index in [1.165, 1.54) is 0 Å². The van der Waals surface area contributed by atoms with Gasteiger partial charge in [0.2, 0.25) is 0 Å². The first kappa shape index (κ1) is 23.4. The van der Waals surface area contributed by atoms with Crippen molar-refractivity contribution in [2.75, 3.05) is 0 Å². The summed E-state index contributed by atoms with van der Waals surface area (Å²) in [5.41, 5.74) is 0. The Morgan fingerprint density at radius 2 is 1.20 bits per heavy atom. The van der Waals surface area contributed by atoms with Gasteiger partial charge in [-0.25, -0.2) is 0 Å². The van der Waals surface area contributed by atoms with Crippen LogP contribution in [0.2, 0.25) is 0 Å². The van der Waals surface area contributed by atoms with Gasteiger partial charge in [-0.15, -0.1) is 0 Å². The van der Waals surface area contributed by atoms with Gasteiger partial charge in [0.15, 0.2) is 0 Å². The molecular formula is H5GaLaMnOSr. The Labute approximate surface area is 117 Å². The van der Waals surface area contributed by atoms with Crippen LogP contribution in [0.15, 0.2) is 0 Å². The SMILES string of the molecule is [GaH3].[La].[O]=[Mn].[SrH2]. The average Bonchev–Trinajstić information content (AvgIpc) is 1.00. The maximum atomic E-state index is 8.06. The van der Waals surface area contributed by atoms with Crippen LogP contribution in [0.4, 0.5) is 0 Å². The summed E-state index contributed by atoms with van der Waals surface area (Å²) in [6, 6.07) is 0. The van der Waals surface area contributed by atoms with Crippen LogP contribution >= 0.6 is 0 Å². The summed E-state index contributed by atoms with van der Waals surface area (Å²) in [5.74, 6) is 0. The molecule has 0 fully saturated rings. The Balaban J connectivity index is -0.00000000167. The van der Waals surface area contributed by atoms with E-state index in [2.05, 4.69) is 0 Å². The van der Waals surface area contributed by atoms with Crippen LogP contribution in [0, 0.1) is 35.6 Å². The molecule has 0 aliphatic heterocycles. The maximum absolute atomic E-state index is 8.06. The van der Waals surface area contributed by atoms with Gasteiger partial charge in [-0.1, -0.05) is 0 Å². The molecule has 0 aliphatic rings. The minimum absolute atomic E-state index is 0. The Kier molecular flexibility index (Phi) is 119. The molecule has 1 radical (unpaired) electrons. The van der Waals surface area contributed by atoms with Crippen molar-refractivity contribution < 1.29 is 55.4 Å². The molecule has 0 amide bonds. The summed E-state index contributed by atoms with van der Waals surface area (Å²) < 4.78 is 8.06. The average molecular weight is 372 g/mol. The molecular weight excluding hydrogens is 367 g/mol. The van der Waals surface area contributed by atoms with Crippen LogP contribution < -0.4 is 0 Å². The Hall–Kier alpha value is 3.63. The van der Waals surface area contributed by atoms with E-state index in [9.17, 15) is 0 Å². The molecule has 0 aliphatic carbocycles. The minimum atomic E-state index is 0. The first-order valence-corrected chi connectivity index (χ1v) is 0.636. The molecule has 1 nitrogen and oxygen atoms in total. The quantitative estimate of drug-likeness (QED) is 0.441. The van der Waals surface area contributed by atoms with E-state index < -0.39 is 0 Å². The van der Waals surface area contributed by atoms with Gasteiger partial charge < -0.3 is 0 Å². The van der Waals surface area contributed by atoms with Crippen LogP contribution in [0.1, 0.15) is 0 Å². The van der Waals surface area contributed by atoms with Crippen molar-refractivity contribution in [1.29, 1.82) is 0 Å². The Morgan fingerprint density at radius 1 is 1.20 bits per heavy atom. The summed E-state index contributed by atoms with van der Waals surface area (Å²) in [7, 11) is 0. The molecule has 0 rings (SSSR count). The summed E-state index contributed by atoms with van der Waals surface area (Å²) in [5, 5.41) is 0. The van der Waals surface area contributed by atoms with Gasteiger partial charge in [0, 0.05) is 35.6 Å². The second-order valence-corrected chi connectivity index (χ2v) is 0. The van der Waals surface area contributed by atoms with Crippen molar-refractivity contribution in [3.05, 3.63) is 0 Å². The van der Waals surface area contributed by atoms with E-state index in [1.54, 1.807) is 15.9 Å². The molecule has 5 heteroatoms. The van der Waals surface area contributed by atoms with Crippen molar-refractivity contribution in [2.45, 2.75) is 0 Å². The van der Waals surface area contributed by atoms with E-state index in [0.29, 0.717) is 0 Å². The Bertz CT molecular complexity index is 11.6. The number of hydrogen-bond donors (Lipinski definition) is 0. The van der Waals surface area contributed by atoms with E-state index in [0.717, 1.165) is 0 Å². The summed E-state index contributed by atoms with van der Waals surface area (Å²) >= 11 is 1.69. The van der Waals surface area contributed by atoms with Gasteiger partial charge in [0.1, 0.15) is 0 Å². The molecule has 26 valence electrons. The van der Waals surface area contributed by atoms with Crippen molar-refractivity contribution in [3.8, 4) is 0 Å². The predicted octanol–water partition coefficient (Wildman–Crippen LogP) is -2.22. The third-order valence-electron chi connectivity index (χ3n) is 0. The van der Waals surface area contributed by atoms with Crippen LogP contribution in [-0.2, 0) is 19.8 Å². The van der Waals surface area contributed by atoms with Gasteiger partial charge in [-0.3, -0.25) is 0 Å². The first-order valence-electron chi connectivity index (χ1n) is 0.154. The number of rotatable bonds is 0. The molecule has 0 aromatic carbocycles. The van der Waals surface area contributed by atoms with E-state index in [-0.39, 0.29) is 101 Å². The van der Waals surface area contributed by atoms with Gasteiger partial charge in [0.05, 0.1) is 0 Å². The molecule has 0 aromatic heterocycles. The third-order valence-corrected chi connectivity index (χ3v) is 0. The van der Waals surface area contributed by atoms with Gasteiger partial charge in [0.25, 0.3) is 0 Å². The first-order chi connectivity index (χ1) is 1.00. The fourth-order valence-corrected chi connectivity index (χ4v) is 0. The van der Waals surface area contributed by atoms with Gasteiger partial charge in [-0.2, -0.15) is 0 Å². The van der Waals surface area contributed by atoms with Crippen molar-refractivity contribution in [2.24, 2.45) is 0 Å². The molecule has 0 heterocycles. The molecule has 0 saturated carbocycles. The molecule has 5 heavy (non-hydrogen) atoms. The molecule has 0 atom stereocenters. The van der Waals surface area contributed by atoms with E-state index >= 15 is 0 Å². The van der Waals surface area contributed by atoms with Gasteiger partial charge >= 0.3 is 85.1 Å². The molecule has 0 saturated heterocycles. The monoisotopic (exact) mass is 372 g/mol. The number of hydrogen-bond acceptors (Lipinski definition) is 1. The summed E-state index contributed by atoms with van der Waals surface area (Å²) in [6.07, 6.45) is 0. The zero-order valence-electron chi connectivity index (χ0n) is 1.36. The van der Waals surface area contributed by atoms with Gasteiger partial charge in [-0.05, 0) is 0 Å². The van der Waals surface area contributed by atoms with Crippen molar-refractivity contribution in [3.63, 3.8) is 0 Å². The van der Waals surface area contributed by atoms with Crippen molar-refractivity contribution in [1.82, 2.24) is 0 Å². The zero-order chi connectivity index (χ0) is 2.00. The second kappa shape index (κ2) is 25.4. The van der Waals surface area contributed by atoms with Crippen LogP contribution in [0.3, 0.4) is 0 Å². The van der Waals surface area contributed by atoms with Crippen LogP contribution in [-0.4, -0.2) is 65.3 Å². The summed E-state index contributed by atoms with van der Waals surface area (Å²) in [6.45, 7) is 0. The molecule has 0 unspecified atom stereocenters. The predicted molar refractivity (Wildman–Crippen MR) is 19.2 cm³/mol. The fourth-order valence-electron chi connectivity index (χ4n) is 0. The topological polar surface area (TPSA) is 17.1 Å². The van der Waals surface area contributed by atoms with Crippen LogP contribution in [0.5, 0.6) is 0 Å². The molecule has 0 aromatic rings. The molecule has 0 N–H and O–H groups in total. The zero-order valence-corrected chi connectivity index (χ0v) is 6.17. The molecule has 0 bridgehead atoms. The standard InChI is InChI=1S/Ga.La.Mn.O.Sr.5H. The van der Waals surface area contributed by atoms with E-state index in [1.807, 2.05) is 0 Å². The second-order valence-electron chi connectivity index (χ2n) is 0. The van der Waals surface area contributed by atoms with Crippen LogP contribution in [0.25, 0.3) is 0 Å².